The summed E-state index contributed by atoms with van der Waals surface area (Å²) in [7, 11) is 1.67. The molecule has 0 aliphatic heterocycles. The zero-order valence-corrected chi connectivity index (χ0v) is 10.3. The van der Waals surface area contributed by atoms with Crippen molar-refractivity contribution in [3.63, 3.8) is 0 Å². The lowest BCUT2D eigenvalue weighted by atomic mass is 9.94. The maximum atomic E-state index is 6.02. The topological polar surface area (TPSA) is 35.2 Å². The van der Waals surface area contributed by atoms with Crippen molar-refractivity contribution in [3.8, 4) is 5.75 Å². The minimum Gasteiger partial charge on any atom is -0.496 e. The highest BCUT2D eigenvalue weighted by Gasteiger charge is 2.13. The maximum Gasteiger partial charge on any atom is 0.124 e. The number of hydrogen-bond donors (Lipinski definition) is 1. The van der Waals surface area contributed by atoms with Gasteiger partial charge in [0.15, 0.2) is 0 Å². The second-order valence-corrected chi connectivity index (χ2v) is 4.31. The Morgan fingerprint density at radius 3 is 2.53 bits per heavy atom. The van der Waals surface area contributed by atoms with Crippen molar-refractivity contribution in [3.05, 3.63) is 28.3 Å². The third kappa shape index (κ3) is 2.86. The Morgan fingerprint density at radius 2 is 2.07 bits per heavy atom. The van der Waals surface area contributed by atoms with E-state index in [9.17, 15) is 0 Å². The zero-order valence-electron chi connectivity index (χ0n) is 9.51. The molecule has 1 aromatic carbocycles. The molecular formula is C12H18ClNO. The summed E-state index contributed by atoms with van der Waals surface area (Å²) in [6.45, 7) is 4.92. The van der Waals surface area contributed by atoms with Crippen molar-refractivity contribution in [2.75, 3.05) is 13.7 Å². The van der Waals surface area contributed by atoms with Crippen LogP contribution in [0.25, 0.3) is 0 Å². The molecule has 0 spiro atoms. The van der Waals surface area contributed by atoms with Crippen molar-refractivity contribution < 1.29 is 4.74 Å². The van der Waals surface area contributed by atoms with Crippen molar-refractivity contribution in [2.45, 2.75) is 26.2 Å². The van der Waals surface area contributed by atoms with E-state index in [1.807, 2.05) is 12.1 Å². The molecule has 0 atom stereocenters. The molecule has 0 aliphatic carbocycles. The lowest BCUT2D eigenvalue weighted by molar-refractivity contribution is 0.406. The lowest BCUT2D eigenvalue weighted by Gasteiger charge is -2.17. The molecule has 0 heterocycles. The Kier molecular flexibility index (Phi) is 4.43. The molecule has 0 bridgehead atoms. The van der Waals surface area contributed by atoms with E-state index >= 15 is 0 Å². The van der Waals surface area contributed by atoms with Crippen LogP contribution in [0.5, 0.6) is 5.75 Å². The predicted molar refractivity (Wildman–Crippen MR) is 64.9 cm³/mol. The molecule has 84 valence electrons. The Labute approximate surface area is 96.4 Å². The summed E-state index contributed by atoms with van der Waals surface area (Å²) < 4.78 is 5.35. The zero-order chi connectivity index (χ0) is 11.4. The van der Waals surface area contributed by atoms with Crippen LogP contribution >= 0.6 is 11.6 Å². The van der Waals surface area contributed by atoms with Crippen LogP contribution in [0.2, 0.25) is 5.02 Å². The van der Waals surface area contributed by atoms with Gasteiger partial charge >= 0.3 is 0 Å². The molecule has 0 saturated carbocycles. The van der Waals surface area contributed by atoms with E-state index < -0.39 is 0 Å². The van der Waals surface area contributed by atoms with Crippen molar-refractivity contribution in [1.29, 1.82) is 0 Å². The molecule has 2 N–H and O–H groups in total. The molecule has 0 saturated heterocycles. The summed E-state index contributed by atoms with van der Waals surface area (Å²) in [6, 6.07) is 3.84. The third-order valence-electron chi connectivity index (χ3n) is 2.40. The molecule has 0 radical (unpaired) electrons. The first-order chi connectivity index (χ1) is 7.10. The fourth-order valence-corrected chi connectivity index (χ4v) is 2.06. The van der Waals surface area contributed by atoms with Crippen molar-refractivity contribution in [2.24, 2.45) is 5.73 Å². The summed E-state index contributed by atoms with van der Waals surface area (Å²) in [4.78, 5) is 0. The molecule has 3 heteroatoms. The van der Waals surface area contributed by atoms with Gasteiger partial charge in [0.25, 0.3) is 0 Å². The predicted octanol–water partition coefficient (Wildman–Crippen LogP) is 2.97. The summed E-state index contributed by atoms with van der Waals surface area (Å²) in [6.07, 6.45) is 0.838. The number of ether oxygens (including phenoxy) is 1. The first-order valence-electron chi connectivity index (χ1n) is 5.16. The van der Waals surface area contributed by atoms with Gasteiger partial charge in [0.05, 0.1) is 7.11 Å². The first kappa shape index (κ1) is 12.3. The van der Waals surface area contributed by atoms with E-state index in [-0.39, 0.29) is 0 Å². The monoisotopic (exact) mass is 227 g/mol. The van der Waals surface area contributed by atoms with Crippen LogP contribution in [-0.2, 0) is 6.42 Å². The van der Waals surface area contributed by atoms with Crippen LogP contribution in [-0.4, -0.2) is 13.7 Å². The fourth-order valence-electron chi connectivity index (χ4n) is 1.83. The summed E-state index contributed by atoms with van der Waals surface area (Å²) in [5.74, 6) is 1.28. The number of methoxy groups -OCH3 is 1. The molecule has 2 nitrogen and oxygen atoms in total. The van der Waals surface area contributed by atoms with Gasteiger partial charge < -0.3 is 10.5 Å². The van der Waals surface area contributed by atoms with Gasteiger partial charge in [-0.25, -0.2) is 0 Å². The molecule has 0 aliphatic rings. The van der Waals surface area contributed by atoms with Crippen LogP contribution in [0.3, 0.4) is 0 Å². The van der Waals surface area contributed by atoms with E-state index in [1.54, 1.807) is 7.11 Å². The standard InChI is InChI=1S/C12H18ClNO/c1-8(2)12-9(4-5-14)6-10(13)7-11(12)15-3/h6-8H,4-5,14H2,1-3H3. The largest absolute Gasteiger partial charge is 0.496 e. The normalized spacial score (nSPS) is 10.8. The highest BCUT2D eigenvalue weighted by atomic mass is 35.5. The second-order valence-electron chi connectivity index (χ2n) is 3.87. The van der Waals surface area contributed by atoms with E-state index in [0.29, 0.717) is 17.5 Å². The van der Waals surface area contributed by atoms with E-state index in [0.717, 1.165) is 12.2 Å². The lowest BCUT2D eigenvalue weighted by Crippen LogP contribution is -2.07. The Bertz CT molecular complexity index is 337. The molecule has 0 unspecified atom stereocenters. The summed E-state index contributed by atoms with van der Waals surface area (Å²) in [5, 5.41) is 0.708. The smallest absolute Gasteiger partial charge is 0.124 e. The Balaban J connectivity index is 3.26. The van der Waals surface area contributed by atoms with Crippen LogP contribution in [0, 0.1) is 0 Å². The summed E-state index contributed by atoms with van der Waals surface area (Å²) in [5.41, 5.74) is 7.99. The van der Waals surface area contributed by atoms with Crippen LogP contribution < -0.4 is 10.5 Å². The fraction of sp³-hybridized carbons (Fsp3) is 0.500. The second kappa shape index (κ2) is 5.38. The Morgan fingerprint density at radius 1 is 1.40 bits per heavy atom. The summed E-state index contributed by atoms with van der Waals surface area (Å²) >= 11 is 6.02. The molecule has 0 fully saturated rings. The molecular weight excluding hydrogens is 210 g/mol. The number of hydrogen-bond acceptors (Lipinski definition) is 2. The highest BCUT2D eigenvalue weighted by molar-refractivity contribution is 6.30. The van der Waals surface area contributed by atoms with Crippen LogP contribution in [0.1, 0.15) is 30.9 Å². The average molecular weight is 228 g/mol. The number of nitrogens with two attached hydrogens (primary N) is 1. The minimum absolute atomic E-state index is 0.416. The molecule has 15 heavy (non-hydrogen) atoms. The van der Waals surface area contributed by atoms with Crippen molar-refractivity contribution in [1.82, 2.24) is 0 Å². The first-order valence-corrected chi connectivity index (χ1v) is 5.54. The van der Waals surface area contributed by atoms with Gasteiger partial charge in [-0.1, -0.05) is 25.4 Å². The van der Waals surface area contributed by atoms with E-state index in [4.69, 9.17) is 22.1 Å². The maximum absolute atomic E-state index is 6.02. The van der Waals surface area contributed by atoms with Crippen LogP contribution in [0.4, 0.5) is 0 Å². The van der Waals surface area contributed by atoms with Crippen LogP contribution in [0.15, 0.2) is 12.1 Å². The molecule has 1 rings (SSSR count). The Hall–Kier alpha value is -0.730. The molecule has 0 aromatic heterocycles. The third-order valence-corrected chi connectivity index (χ3v) is 2.62. The van der Waals surface area contributed by atoms with E-state index in [2.05, 4.69) is 13.8 Å². The van der Waals surface area contributed by atoms with Gasteiger partial charge in [-0.3, -0.25) is 0 Å². The van der Waals surface area contributed by atoms with Crippen molar-refractivity contribution >= 4 is 11.6 Å². The average Bonchev–Trinajstić information content (AvgIpc) is 2.16. The SMILES string of the molecule is COc1cc(Cl)cc(CCN)c1C(C)C. The quantitative estimate of drug-likeness (QED) is 0.859. The van der Waals surface area contributed by atoms with Gasteiger partial charge in [-0.05, 0) is 42.1 Å². The number of benzene rings is 1. The molecule has 1 aromatic rings. The van der Waals surface area contributed by atoms with Gasteiger partial charge in [-0.2, -0.15) is 0 Å². The van der Waals surface area contributed by atoms with Gasteiger partial charge in [-0.15, -0.1) is 0 Å². The van der Waals surface area contributed by atoms with E-state index in [1.165, 1.54) is 11.1 Å². The van der Waals surface area contributed by atoms with Gasteiger partial charge in [0.2, 0.25) is 0 Å². The number of rotatable bonds is 4. The molecule has 0 amide bonds. The highest BCUT2D eigenvalue weighted by Crippen LogP contribution is 2.33. The number of halogens is 1. The van der Waals surface area contributed by atoms with Gasteiger partial charge in [0, 0.05) is 5.02 Å². The van der Waals surface area contributed by atoms with Gasteiger partial charge in [0.1, 0.15) is 5.75 Å². The minimum atomic E-state index is 0.416.